The van der Waals surface area contributed by atoms with Crippen LogP contribution >= 0.6 is 12.4 Å². The summed E-state index contributed by atoms with van der Waals surface area (Å²) in [6.07, 6.45) is -7.30. The van der Waals surface area contributed by atoms with E-state index in [0.717, 1.165) is 25.0 Å². The first-order valence-corrected chi connectivity index (χ1v) is 6.20. The van der Waals surface area contributed by atoms with Gasteiger partial charge in [0.05, 0.1) is 12.1 Å². The molecule has 2 atom stereocenters. The van der Waals surface area contributed by atoms with E-state index in [-0.39, 0.29) is 24.1 Å². The molecule has 0 amide bonds. The molecule has 0 aromatic heterocycles. The second-order valence-corrected chi connectivity index (χ2v) is 4.89. The lowest BCUT2D eigenvalue weighted by atomic mass is 9.99. The van der Waals surface area contributed by atoms with Crippen LogP contribution < -0.4 is 10.5 Å². The summed E-state index contributed by atoms with van der Waals surface area (Å²) < 4.78 is 53.3. The quantitative estimate of drug-likeness (QED) is 0.788. The number of nitrogens with two attached hydrogens (primary N) is 1. The molecule has 21 heavy (non-hydrogen) atoms. The van der Waals surface area contributed by atoms with E-state index in [0.29, 0.717) is 5.56 Å². The fourth-order valence-electron chi connectivity index (χ4n) is 1.89. The van der Waals surface area contributed by atoms with Crippen LogP contribution in [-0.2, 0) is 0 Å². The van der Waals surface area contributed by atoms with Crippen molar-refractivity contribution >= 4 is 12.4 Å². The number of benzene rings is 1. The molecule has 0 saturated heterocycles. The number of hydrogen-bond acceptors (Lipinski definition) is 3. The molecule has 0 bridgehead atoms. The second kappa shape index (κ2) is 6.81. The Morgan fingerprint density at radius 1 is 1.19 bits per heavy atom. The number of aliphatic hydroxyl groups excluding tert-OH is 1. The molecule has 1 saturated carbocycles. The maximum Gasteiger partial charge on any atom is 0.461 e. The Labute approximate surface area is 125 Å². The molecule has 8 heteroatoms. The molecule has 120 valence electrons. The molecule has 1 fully saturated rings. The minimum atomic E-state index is -4.53. The van der Waals surface area contributed by atoms with Gasteiger partial charge in [0, 0.05) is 0 Å². The van der Waals surface area contributed by atoms with Gasteiger partial charge in [-0.1, -0.05) is 12.1 Å². The van der Waals surface area contributed by atoms with Crippen LogP contribution in [0.15, 0.2) is 24.3 Å². The molecule has 0 aliphatic heterocycles. The van der Waals surface area contributed by atoms with Crippen LogP contribution in [0.25, 0.3) is 0 Å². The Morgan fingerprint density at radius 3 is 2.14 bits per heavy atom. The minimum Gasteiger partial charge on any atom is -0.428 e. The zero-order valence-corrected chi connectivity index (χ0v) is 11.7. The van der Waals surface area contributed by atoms with Crippen LogP contribution in [0.5, 0.6) is 5.75 Å². The summed E-state index contributed by atoms with van der Waals surface area (Å²) in [7, 11) is 0. The molecule has 2 rings (SSSR count). The van der Waals surface area contributed by atoms with Gasteiger partial charge in [-0.05, 0) is 36.5 Å². The van der Waals surface area contributed by atoms with Gasteiger partial charge in [0.1, 0.15) is 5.75 Å². The number of rotatable bonds is 6. The molecule has 0 heterocycles. The lowest BCUT2D eigenvalue weighted by Crippen LogP contribution is -2.33. The lowest BCUT2D eigenvalue weighted by molar-refractivity contribution is -0.253. The molecule has 1 aromatic rings. The van der Waals surface area contributed by atoms with Crippen molar-refractivity contribution in [3.05, 3.63) is 29.8 Å². The largest absolute Gasteiger partial charge is 0.461 e. The monoisotopic (exact) mass is 329 g/mol. The summed E-state index contributed by atoms with van der Waals surface area (Å²) >= 11 is 0. The zero-order valence-electron chi connectivity index (χ0n) is 10.9. The third-order valence-electron chi connectivity index (χ3n) is 3.25. The Balaban J connectivity index is 0.00000220. The molecule has 1 aromatic carbocycles. The first kappa shape index (κ1) is 18.0. The van der Waals surface area contributed by atoms with E-state index in [4.69, 9.17) is 5.73 Å². The van der Waals surface area contributed by atoms with Crippen LogP contribution in [-0.4, -0.2) is 23.7 Å². The Kier molecular flexibility index (Phi) is 5.83. The summed E-state index contributed by atoms with van der Waals surface area (Å²) in [6.45, 7) is 0. The molecule has 3 nitrogen and oxygen atoms in total. The molecular formula is C13H16ClF4NO2. The first-order chi connectivity index (χ1) is 9.31. The summed E-state index contributed by atoms with van der Waals surface area (Å²) in [5.41, 5.74) is 6.39. The van der Waals surface area contributed by atoms with Gasteiger partial charge in [0.2, 0.25) is 0 Å². The van der Waals surface area contributed by atoms with E-state index >= 15 is 0 Å². The number of ether oxygens (including phenoxy) is 1. The molecule has 0 radical (unpaired) electrons. The van der Waals surface area contributed by atoms with Crippen molar-refractivity contribution in [3.8, 4) is 5.75 Å². The summed E-state index contributed by atoms with van der Waals surface area (Å²) in [5.74, 6) is -0.212. The van der Waals surface area contributed by atoms with Crippen molar-refractivity contribution in [3.63, 3.8) is 0 Å². The molecule has 0 unspecified atom stereocenters. The van der Waals surface area contributed by atoms with Crippen molar-refractivity contribution in [1.29, 1.82) is 0 Å². The van der Waals surface area contributed by atoms with E-state index < -0.39 is 24.7 Å². The Morgan fingerprint density at radius 2 is 1.71 bits per heavy atom. The maximum absolute atomic E-state index is 12.7. The highest BCUT2D eigenvalue weighted by molar-refractivity contribution is 5.85. The van der Waals surface area contributed by atoms with Gasteiger partial charge in [-0.3, -0.25) is 0 Å². The molecule has 1 aliphatic rings. The van der Waals surface area contributed by atoms with Gasteiger partial charge < -0.3 is 15.6 Å². The fourth-order valence-corrected chi connectivity index (χ4v) is 1.89. The van der Waals surface area contributed by atoms with Gasteiger partial charge in [-0.15, -0.1) is 12.4 Å². The third-order valence-corrected chi connectivity index (χ3v) is 3.25. The van der Waals surface area contributed by atoms with Crippen molar-refractivity contribution in [1.82, 2.24) is 0 Å². The standard InChI is InChI=1S/C13H15F4NO2.ClH/c14-12(15)13(16,17)20-9-5-3-7(4-6-9)10(18)11(19)8-1-2-8;/h3-6,8,10-12,19H,1-2,18H2;1H/t10-,11+;/m0./s1. The van der Waals surface area contributed by atoms with Crippen molar-refractivity contribution in [2.75, 3.05) is 0 Å². The summed E-state index contributed by atoms with van der Waals surface area (Å²) in [6, 6.07) is 4.39. The van der Waals surface area contributed by atoms with Crippen LogP contribution in [0.1, 0.15) is 24.4 Å². The Bertz CT molecular complexity index is 454. The van der Waals surface area contributed by atoms with Crippen LogP contribution in [0.2, 0.25) is 0 Å². The fraction of sp³-hybridized carbons (Fsp3) is 0.538. The number of halogens is 5. The van der Waals surface area contributed by atoms with Gasteiger partial charge in [-0.25, -0.2) is 0 Å². The highest BCUT2D eigenvalue weighted by Crippen LogP contribution is 2.37. The number of alkyl halides is 4. The van der Waals surface area contributed by atoms with Gasteiger partial charge >= 0.3 is 12.5 Å². The smallest absolute Gasteiger partial charge is 0.428 e. The van der Waals surface area contributed by atoms with E-state index in [1.165, 1.54) is 12.1 Å². The summed E-state index contributed by atoms with van der Waals surface area (Å²) in [4.78, 5) is 0. The minimum absolute atomic E-state index is 0. The molecule has 3 N–H and O–H groups in total. The van der Waals surface area contributed by atoms with Crippen molar-refractivity contribution < 1.29 is 27.4 Å². The SMILES string of the molecule is Cl.N[C@@H](c1ccc(OC(F)(F)C(F)F)cc1)[C@H](O)C1CC1. The topological polar surface area (TPSA) is 55.5 Å². The molecule has 0 spiro atoms. The predicted molar refractivity (Wildman–Crippen MR) is 70.9 cm³/mol. The summed E-state index contributed by atoms with van der Waals surface area (Å²) in [5, 5.41) is 9.86. The van der Waals surface area contributed by atoms with Crippen LogP contribution in [0, 0.1) is 5.92 Å². The highest BCUT2D eigenvalue weighted by Gasteiger charge is 2.44. The zero-order chi connectivity index (χ0) is 14.9. The van der Waals surface area contributed by atoms with Gasteiger partial charge in [0.15, 0.2) is 0 Å². The van der Waals surface area contributed by atoms with Crippen molar-refractivity contribution in [2.45, 2.75) is 37.5 Å². The predicted octanol–water partition coefficient (Wildman–Crippen LogP) is 3.12. The molecule has 1 aliphatic carbocycles. The average molecular weight is 330 g/mol. The van der Waals surface area contributed by atoms with Gasteiger partial charge in [0.25, 0.3) is 0 Å². The third kappa shape index (κ3) is 4.46. The van der Waals surface area contributed by atoms with Crippen LogP contribution in [0.4, 0.5) is 17.6 Å². The molecular weight excluding hydrogens is 314 g/mol. The van der Waals surface area contributed by atoms with E-state index in [2.05, 4.69) is 4.74 Å². The average Bonchev–Trinajstić information content (AvgIpc) is 3.21. The Hall–Kier alpha value is -1.05. The number of aliphatic hydroxyl groups is 1. The highest BCUT2D eigenvalue weighted by atomic mass is 35.5. The maximum atomic E-state index is 12.7. The van der Waals surface area contributed by atoms with E-state index in [1.807, 2.05) is 0 Å². The van der Waals surface area contributed by atoms with E-state index in [9.17, 15) is 22.7 Å². The van der Waals surface area contributed by atoms with Crippen LogP contribution in [0.3, 0.4) is 0 Å². The van der Waals surface area contributed by atoms with Crippen molar-refractivity contribution in [2.24, 2.45) is 11.7 Å². The van der Waals surface area contributed by atoms with E-state index in [1.54, 1.807) is 0 Å². The first-order valence-electron chi connectivity index (χ1n) is 6.20. The number of hydrogen-bond donors (Lipinski definition) is 2. The van der Waals surface area contributed by atoms with Gasteiger partial charge in [-0.2, -0.15) is 17.6 Å². The normalized spacial score (nSPS) is 18.0. The second-order valence-electron chi connectivity index (χ2n) is 4.89. The lowest BCUT2D eigenvalue weighted by Gasteiger charge is -2.20.